The number of halogens is 1. The van der Waals surface area contributed by atoms with Crippen LogP contribution in [0.5, 0.6) is 0 Å². The molecule has 2 fully saturated rings. The molecule has 1 heterocycles. The van der Waals surface area contributed by atoms with Crippen molar-refractivity contribution in [3.05, 3.63) is 29.3 Å². The minimum Gasteiger partial charge on any atom is -0.379 e. The van der Waals surface area contributed by atoms with Crippen LogP contribution in [-0.4, -0.2) is 61.8 Å². The molecule has 3 amide bonds. The molecule has 1 aliphatic carbocycles. The highest BCUT2D eigenvalue weighted by Crippen LogP contribution is 2.29. The van der Waals surface area contributed by atoms with E-state index in [-0.39, 0.29) is 5.91 Å². The van der Waals surface area contributed by atoms with Gasteiger partial charge in [-0.2, -0.15) is 0 Å². The van der Waals surface area contributed by atoms with Gasteiger partial charge in [0.2, 0.25) is 5.91 Å². The molecule has 1 saturated heterocycles. The van der Waals surface area contributed by atoms with Gasteiger partial charge in [-0.3, -0.25) is 9.69 Å². The number of carbonyl (C=O) groups is 2. The van der Waals surface area contributed by atoms with Crippen LogP contribution in [0.4, 0.5) is 10.5 Å². The summed E-state index contributed by atoms with van der Waals surface area (Å²) in [7, 11) is 0. The zero-order valence-electron chi connectivity index (χ0n) is 16.1. The molecule has 0 aromatic heterocycles. The van der Waals surface area contributed by atoms with Crippen LogP contribution in [0.15, 0.2) is 24.3 Å². The minimum absolute atomic E-state index is 0.102. The average Bonchev–Trinajstić information content (AvgIpc) is 2.71. The zero-order chi connectivity index (χ0) is 19.8. The van der Waals surface area contributed by atoms with Crippen molar-refractivity contribution in [1.29, 1.82) is 0 Å². The second-order valence-electron chi connectivity index (χ2n) is 7.41. The van der Waals surface area contributed by atoms with E-state index in [1.165, 1.54) is 0 Å². The summed E-state index contributed by atoms with van der Waals surface area (Å²) in [6.45, 7) is 4.60. The van der Waals surface area contributed by atoms with Gasteiger partial charge >= 0.3 is 6.03 Å². The number of para-hydroxylation sites is 1. The fraction of sp³-hybridized carbons (Fsp3) is 0.600. The van der Waals surface area contributed by atoms with Crippen LogP contribution in [0.1, 0.15) is 32.1 Å². The van der Waals surface area contributed by atoms with Crippen LogP contribution in [0, 0.1) is 0 Å². The summed E-state index contributed by atoms with van der Waals surface area (Å²) in [6, 6.07) is 6.65. The molecule has 1 aromatic carbocycles. The molecule has 3 rings (SSSR count). The Morgan fingerprint density at radius 3 is 2.54 bits per heavy atom. The van der Waals surface area contributed by atoms with Crippen LogP contribution >= 0.6 is 11.6 Å². The highest BCUT2D eigenvalue weighted by atomic mass is 35.5. The van der Waals surface area contributed by atoms with Gasteiger partial charge in [0.15, 0.2) is 0 Å². The Balaban J connectivity index is 1.56. The molecule has 0 bridgehead atoms. The van der Waals surface area contributed by atoms with E-state index >= 15 is 0 Å². The summed E-state index contributed by atoms with van der Waals surface area (Å²) < 4.78 is 5.35. The molecule has 0 spiro atoms. The monoisotopic (exact) mass is 408 g/mol. The summed E-state index contributed by atoms with van der Waals surface area (Å²) in [4.78, 5) is 27.8. The van der Waals surface area contributed by atoms with Crippen molar-refractivity contribution in [2.75, 3.05) is 44.7 Å². The predicted octanol–water partition coefficient (Wildman–Crippen LogP) is 2.61. The Morgan fingerprint density at radius 2 is 1.82 bits per heavy atom. The standard InChI is InChI=1S/C20H29ClN4O3/c21-16-6-2-3-7-17(16)23-19(27)24-20(8-4-1-5-9-20)18(26)22-10-11-25-12-14-28-15-13-25/h2-3,6-7H,1,4-5,8-15H2,(H,22,26)(H2,23,24,27). The summed E-state index contributed by atoms with van der Waals surface area (Å²) in [5.41, 5.74) is -0.338. The van der Waals surface area contributed by atoms with Gasteiger partial charge in [-0.05, 0) is 25.0 Å². The topological polar surface area (TPSA) is 82.7 Å². The third-order valence-electron chi connectivity index (χ3n) is 5.43. The van der Waals surface area contributed by atoms with Crippen LogP contribution in [0.2, 0.25) is 5.02 Å². The first-order valence-corrected chi connectivity index (χ1v) is 10.4. The number of morpholine rings is 1. The molecular weight excluding hydrogens is 380 g/mol. The second-order valence-corrected chi connectivity index (χ2v) is 7.82. The minimum atomic E-state index is -0.866. The number of nitrogens with zero attached hydrogens (tertiary/aromatic N) is 1. The molecule has 2 aliphatic rings. The number of hydrogen-bond acceptors (Lipinski definition) is 4. The van der Waals surface area contributed by atoms with E-state index in [9.17, 15) is 9.59 Å². The first-order chi connectivity index (χ1) is 13.6. The van der Waals surface area contributed by atoms with E-state index in [1.54, 1.807) is 24.3 Å². The van der Waals surface area contributed by atoms with Crippen molar-refractivity contribution in [1.82, 2.24) is 15.5 Å². The van der Waals surface area contributed by atoms with Crippen LogP contribution in [0.25, 0.3) is 0 Å². The van der Waals surface area contributed by atoms with Gasteiger partial charge in [0, 0.05) is 26.2 Å². The van der Waals surface area contributed by atoms with Gasteiger partial charge in [0.1, 0.15) is 5.54 Å². The molecule has 7 nitrogen and oxygen atoms in total. The Hall–Kier alpha value is -1.83. The zero-order valence-corrected chi connectivity index (χ0v) is 16.9. The van der Waals surface area contributed by atoms with Gasteiger partial charge in [-0.1, -0.05) is 43.0 Å². The fourth-order valence-electron chi connectivity index (χ4n) is 3.82. The van der Waals surface area contributed by atoms with Crippen molar-refractivity contribution in [2.24, 2.45) is 0 Å². The quantitative estimate of drug-likeness (QED) is 0.675. The number of nitrogens with one attached hydrogen (secondary N) is 3. The van der Waals surface area contributed by atoms with Crippen LogP contribution in [-0.2, 0) is 9.53 Å². The van der Waals surface area contributed by atoms with Gasteiger partial charge in [-0.25, -0.2) is 4.79 Å². The number of anilines is 1. The lowest BCUT2D eigenvalue weighted by Gasteiger charge is -2.37. The first kappa shape index (κ1) is 20.9. The maximum atomic E-state index is 13.0. The van der Waals surface area contributed by atoms with Gasteiger partial charge in [0.05, 0.1) is 23.9 Å². The lowest BCUT2D eigenvalue weighted by Crippen LogP contribution is -2.61. The summed E-state index contributed by atoms with van der Waals surface area (Å²) in [6.07, 6.45) is 4.21. The van der Waals surface area contributed by atoms with Crippen LogP contribution in [0.3, 0.4) is 0 Å². The largest absolute Gasteiger partial charge is 0.379 e. The lowest BCUT2D eigenvalue weighted by atomic mass is 9.81. The second kappa shape index (κ2) is 10.1. The van der Waals surface area contributed by atoms with Gasteiger partial charge < -0.3 is 20.7 Å². The number of benzene rings is 1. The van der Waals surface area contributed by atoms with Crippen molar-refractivity contribution in [2.45, 2.75) is 37.6 Å². The molecule has 0 radical (unpaired) electrons. The maximum absolute atomic E-state index is 13.0. The van der Waals surface area contributed by atoms with E-state index in [4.69, 9.17) is 16.3 Å². The molecule has 3 N–H and O–H groups in total. The third-order valence-corrected chi connectivity index (χ3v) is 5.76. The number of carbonyl (C=O) groups excluding carboxylic acids is 2. The molecule has 1 aromatic rings. The van der Waals surface area contributed by atoms with E-state index < -0.39 is 11.6 Å². The number of hydrogen-bond donors (Lipinski definition) is 3. The highest BCUT2D eigenvalue weighted by Gasteiger charge is 2.40. The Bertz CT molecular complexity index is 673. The third kappa shape index (κ3) is 5.59. The van der Waals surface area contributed by atoms with E-state index in [2.05, 4.69) is 20.9 Å². The fourth-order valence-corrected chi connectivity index (χ4v) is 4.00. The Morgan fingerprint density at radius 1 is 1.11 bits per heavy atom. The van der Waals surface area contributed by atoms with E-state index in [0.29, 0.717) is 30.1 Å². The molecular formula is C20H29ClN4O3. The maximum Gasteiger partial charge on any atom is 0.320 e. The number of rotatable bonds is 6. The molecule has 28 heavy (non-hydrogen) atoms. The predicted molar refractivity (Wildman–Crippen MR) is 110 cm³/mol. The van der Waals surface area contributed by atoms with Gasteiger partial charge in [0.25, 0.3) is 0 Å². The van der Waals surface area contributed by atoms with Gasteiger partial charge in [-0.15, -0.1) is 0 Å². The van der Waals surface area contributed by atoms with Crippen molar-refractivity contribution >= 4 is 29.2 Å². The Kier molecular flexibility index (Phi) is 7.53. The smallest absolute Gasteiger partial charge is 0.320 e. The highest BCUT2D eigenvalue weighted by molar-refractivity contribution is 6.33. The Labute approximate surface area is 171 Å². The van der Waals surface area contributed by atoms with Crippen molar-refractivity contribution in [3.8, 4) is 0 Å². The number of amides is 3. The summed E-state index contributed by atoms with van der Waals surface area (Å²) in [5, 5.41) is 9.20. The average molecular weight is 409 g/mol. The summed E-state index contributed by atoms with van der Waals surface area (Å²) >= 11 is 6.12. The molecule has 154 valence electrons. The molecule has 0 unspecified atom stereocenters. The first-order valence-electron chi connectivity index (χ1n) is 10.0. The number of urea groups is 1. The van der Waals surface area contributed by atoms with Crippen molar-refractivity contribution in [3.63, 3.8) is 0 Å². The normalized spacial score (nSPS) is 19.6. The molecule has 8 heteroatoms. The van der Waals surface area contributed by atoms with E-state index in [1.807, 2.05) is 0 Å². The number of ether oxygens (including phenoxy) is 1. The molecule has 1 saturated carbocycles. The van der Waals surface area contributed by atoms with Crippen molar-refractivity contribution < 1.29 is 14.3 Å². The summed E-state index contributed by atoms with van der Waals surface area (Å²) in [5.74, 6) is -0.102. The lowest BCUT2D eigenvalue weighted by molar-refractivity contribution is -0.128. The van der Waals surface area contributed by atoms with Crippen LogP contribution < -0.4 is 16.0 Å². The SMILES string of the molecule is O=C(Nc1ccccc1Cl)NC1(C(=O)NCCN2CCOCC2)CCCCC1. The molecule has 1 aliphatic heterocycles. The van der Waals surface area contributed by atoms with E-state index in [0.717, 1.165) is 52.1 Å². The molecule has 0 atom stereocenters.